The predicted octanol–water partition coefficient (Wildman–Crippen LogP) is 4.30. The Kier molecular flexibility index (Phi) is 3.82. The molecule has 1 atom stereocenters. The SMILES string of the molecule is COc1cc(F)ccc1C(Cl)c1ccc(F)cc1. The predicted molar refractivity (Wildman–Crippen MR) is 67.0 cm³/mol. The number of hydrogen-bond donors (Lipinski definition) is 0. The molecule has 18 heavy (non-hydrogen) atoms. The van der Waals surface area contributed by atoms with Gasteiger partial charge in [-0.2, -0.15) is 0 Å². The lowest BCUT2D eigenvalue weighted by Crippen LogP contribution is -1.98. The fraction of sp³-hybridized carbons (Fsp3) is 0.143. The first-order chi connectivity index (χ1) is 8.61. The first kappa shape index (κ1) is 12.8. The largest absolute Gasteiger partial charge is 0.496 e. The van der Waals surface area contributed by atoms with Crippen molar-refractivity contribution in [1.82, 2.24) is 0 Å². The molecule has 0 fully saturated rings. The summed E-state index contributed by atoms with van der Waals surface area (Å²) in [7, 11) is 1.45. The Morgan fingerprint density at radius 3 is 2.22 bits per heavy atom. The molecule has 1 unspecified atom stereocenters. The van der Waals surface area contributed by atoms with Crippen LogP contribution in [0.5, 0.6) is 5.75 Å². The van der Waals surface area contributed by atoms with Gasteiger partial charge in [-0.1, -0.05) is 18.2 Å². The van der Waals surface area contributed by atoms with E-state index < -0.39 is 11.2 Å². The van der Waals surface area contributed by atoms with Gasteiger partial charge in [0.1, 0.15) is 17.4 Å². The number of ether oxygens (including phenoxy) is 1. The maximum absolute atomic E-state index is 13.1. The van der Waals surface area contributed by atoms with Crippen LogP contribution in [0.3, 0.4) is 0 Å². The zero-order valence-electron chi connectivity index (χ0n) is 9.66. The number of rotatable bonds is 3. The second kappa shape index (κ2) is 5.36. The molecular formula is C14H11ClF2O. The van der Waals surface area contributed by atoms with Crippen LogP contribution in [0.15, 0.2) is 42.5 Å². The Morgan fingerprint density at radius 1 is 1.00 bits per heavy atom. The van der Waals surface area contributed by atoms with Crippen LogP contribution >= 0.6 is 11.6 Å². The summed E-state index contributed by atoms with van der Waals surface area (Å²) in [5.41, 5.74) is 1.37. The number of methoxy groups -OCH3 is 1. The van der Waals surface area contributed by atoms with Crippen molar-refractivity contribution in [3.63, 3.8) is 0 Å². The average Bonchev–Trinajstić information content (AvgIpc) is 2.38. The molecule has 0 saturated carbocycles. The quantitative estimate of drug-likeness (QED) is 0.754. The van der Waals surface area contributed by atoms with Gasteiger partial charge in [0.25, 0.3) is 0 Å². The van der Waals surface area contributed by atoms with Gasteiger partial charge >= 0.3 is 0 Å². The van der Waals surface area contributed by atoms with E-state index in [1.807, 2.05) is 0 Å². The van der Waals surface area contributed by atoms with Crippen LogP contribution in [0.1, 0.15) is 16.5 Å². The van der Waals surface area contributed by atoms with E-state index in [1.165, 1.54) is 31.4 Å². The number of alkyl halides is 1. The summed E-state index contributed by atoms with van der Waals surface area (Å²) < 4.78 is 31.0. The molecule has 0 heterocycles. The van der Waals surface area contributed by atoms with Crippen LogP contribution in [0, 0.1) is 11.6 Å². The highest BCUT2D eigenvalue weighted by Crippen LogP contribution is 2.35. The number of hydrogen-bond acceptors (Lipinski definition) is 1. The zero-order valence-corrected chi connectivity index (χ0v) is 10.4. The van der Waals surface area contributed by atoms with Crippen molar-refractivity contribution in [2.75, 3.05) is 7.11 Å². The molecule has 0 aliphatic rings. The molecule has 2 aromatic carbocycles. The molecule has 2 rings (SSSR count). The van der Waals surface area contributed by atoms with Gasteiger partial charge in [-0.15, -0.1) is 11.6 Å². The third-order valence-electron chi connectivity index (χ3n) is 2.63. The van der Waals surface area contributed by atoms with Crippen LogP contribution in [0.2, 0.25) is 0 Å². The van der Waals surface area contributed by atoms with Gasteiger partial charge in [-0.3, -0.25) is 0 Å². The zero-order chi connectivity index (χ0) is 13.1. The van der Waals surface area contributed by atoms with E-state index in [-0.39, 0.29) is 5.82 Å². The van der Waals surface area contributed by atoms with Gasteiger partial charge in [0.05, 0.1) is 12.5 Å². The van der Waals surface area contributed by atoms with Crippen LogP contribution in [0.4, 0.5) is 8.78 Å². The minimum Gasteiger partial charge on any atom is -0.496 e. The Labute approximate surface area is 109 Å². The topological polar surface area (TPSA) is 9.23 Å². The maximum Gasteiger partial charge on any atom is 0.126 e. The first-order valence-electron chi connectivity index (χ1n) is 5.35. The Hall–Kier alpha value is -1.61. The molecule has 0 saturated heterocycles. The molecular weight excluding hydrogens is 258 g/mol. The summed E-state index contributed by atoms with van der Waals surface area (Å²) >= 11 is 6.30. The maximum atomic E-state index is 13.1. The fourth-order valence-corrected chi connectivity index (χ4v) is 2.03. The molecule has 0 aliphatic heterocycles. The Morgan fingerprint density at radius 2 is 1.61 bits per heavy atom. The highest BCUT2D eigenvalue weighted by molar-refractivity contribution is 6.22. The molecule has 0 spiro atoms. The average molecular weight is 269 g/mol. The van der Waals surface area contributed by atoms with Gasteiger partial charge in [0.2, 0.25) is 0 Å². The second-order valence-corrected chi connectivity index (χ2v) is 4.24. The smallest absolute Gasteiger partial charge is 0.126 e. The molecule has 0 bridgehead atoms. The van der Waals surface area contributed by atoms with Gasteiger partial charge in [-0.25, -0.2) is 8.78 Å². The van der Waals surface area contributed by atoms with E-state index in [4.69, 9.17) is 16.3 Å². The molecule has 94 valence electrons. The van der Waals surface area contributed by atoms with E-state index in [0.29, 0.717) is 11.3 Å². The third kappa shape index (κ3) is 2.62. The summed E-state index contributed by atoms with van der Waals surface area (Å²) in [5.74, 6) is -0.341. The lowest BCUT2D eigenvalue weighted by Gasteiger charge is -2.14. The Balaban J connectivity index is 2.39. The van der Waals surface area contributed by atoms with Crippen molar-refractivity contribution in [2.45, 2.75) is 5.38 Å². The molecule has 0 radical (unpaired) electrons. The summed E-state index contributed by atoms with van der Waals surface area (Å²) in [4.78, 5) is 0. The van der Waals surface area contributed by atoms with Crippen molar-refractivity contribution in [3.8, 4) is 5.75 Å². The number of halogens is 3. The molecule has 0 aromatic heterocycles. The monoisotopic (exact) mass is 268 g/mol. The Bertz CT molecular complexity index is 540. The standard InChI is InChI=1S/C14H11ClF2O/c1-18-13-8-11(17)6-7-12(13)14(15)9-2-4-10(16)5-3-9/h2-8,14H,1H3. The molecule has 0 amide bonds. The minimum atomic E-state index is -0.513. The van der Waals surface area contributed by atoms with E-state index >= 15 is 0 Å². The van der Waals surface area contributed by atoms with Gasteiger partial charge in [0.15, 0.2) is 0 Å². The fourth-order valence-electron chi connectivity index (χ4n) is 1.71. The van der Waals surface area contributed by atoms with Crippen LogP contribution in [-0.2, 0) is 0 Å². The van der Waals surface area contributed by atoms with Crippen molar-refractivity contribution < 1.29 is 13.5 Å². The van der Waals surface area contributed by atoms with Gasteiger partial charge in [0, 0.05) is 11.6 Å². The second-order valence-electron chi connectivity index (χ2n) is 3.80. The van der Waals surface area contributed by atoms with E-state index in [1.54, 1.807) is 18.2 Å². The summed E-state index contributed by atoms with van der Waals surface area (Å²) in [6.07, 6.45) is 0. The van der Waals surface area contributed by atoms with Gasteiger partial charge in [-0.05, 0) is 23.8 Å². The lowest BCUT2D eigenvalue weighted by molar-refractivity contribution is 0.406. The van der Waals surface area contributed by atoms with E-state index in [0.717, 1.165) is 5.56 Å². The summed E-state index contributed by atoms with van der Waals surface area (Å²) in [6.45, 7) is 0. The van der Waals surface area contributed by atoms with Crippen LogP contribution < -0.4 is 4.74 Å². The minimum absolute atomic E-state index is 0.325. The molecule has 1 nitrogen and oxygen atoms in total. The normalized spacial score (nSPS) is 12.2. The van der Waals surface area contributed by atoms with Crippen molar-refractivity contribution in [2.24, 2.45) is 0 Å². The van der Waals surface area contributed by atoms with Crippen LogP contribution in [0.25, 0.3) is 0 Å². The summed E-state index contributed by atoms with van der Waals surface area (Å²) in [6, 6.07) is 10.0. The lowest BCUT2D eigenvalue weighted by atomic mass is 10.0. The molecule has 0 aliphatic carbocycles. The van der Waals surface area contributed by atoms with Crippen molar-refractivity contribution in [3.05, 3.63) is 65.2 Å². The highest BCUT2D eigenvalue weighted by Gasteiger charge is 2.16. The molecule has 4 heteroatoms. The van der Waals surface area contributed by atoms with E-state index in [9.17, 15) is 8.78 Å². The highest BCUT2D eigenvalue weighted by atomic mass is 35.5. The van der Waals surface area contributed by atoms with Gasteiger partial charge < -0.3 is 4.74 Å². The first-order valence-corrected chi connectivity index (χ1v) is 5.78. The molecule has 0 N–H and O–H groups in total. The van der Waals surface area contributed by atoms with Crippen molar-refractivity contribution >= 4 is 11.6 Å². The van der Waals surface area contributed by atoms with E-state index in [2.05, 4.69) is 0 Å². The summed E-state index contributed by atoms with van der Waals surface area (Å²) in [5, 5.41) is -0.513. The van der Waals surface area contributed by atoms with Crippen molar-refractivity contribution in [1.29, 1.82) is 0 Å². The molecule has 2 aromatic rings. The number of benzene rings is 2. The third-order valence-corrected chi connectivity index (χ3v) is 3.12. The van der Waals surface area contributed by atoms with Crippen LogP contribution in [-0.4, -0.2) is 7.11 Å².